The van der Waals surface area contributed by atoms with E-state index in [1.165, 1.54) is 16.0 Å². The number of hydrogen-bond donors (Lipinski definition) is 0. The molecule has 1 aromatic carbocycles. The largest absolute Gasteiger partial charge is 0.661 e. The molecule has 2 nitrogen and oxygen atoms in total. The highest BCUT2D eigenvalue weighted by molar-refractivity contribution is 7.15. The predicted molar refractivity (Wildman–Crippen MR) is 65.3 cm³/mol. The van der Waals surface area contributed by atoms with Crippen LogP contribution in [0.4, 0.5) is 0 Å². The Balaban J connectivity index is 2.29. The van der Waals surface area contributed by atoms with Crippen LogP contribution in [-0.4, -0.2) is 12.0 Å². The molecular formula is C12H13N2S-. The van der Waals surface area contributed by atoms with Crippen molar-refractivity contribution in [1.29, 1.82) is 0 Å². The summed E-state index contributed by atoms with van der Waals surface area (Å²) >= 11 is 1.71. The van der Waals surface area contributed by atoms with Crippen molar-refractivity contribution in [3.63, 3.8) is 0 Å². The molecule has 15 heavy (non-hydrogen) atoms. The van der Waals surface area contributed by atoms with E-state index in [0.717, 1.165) is 11.6 Å². The predicted octanol–water partition coefficient (Wildman–Crippen LogP) is 3.62. The molecule has 0 aliphatic heterocycles. The van der Waals surface area contributed by atoms with Crippen LogP contribution in [0.1, 0.15) is 10.4 Å². The fourth-order valence-corrected chi connectivity index (χ4v) is 2.35. The summed E-state index contributed by atoms with van der Waals surface area (Å²) in [6, 6.07) is 8.42. The highest BCUT2D eigenvalue weighted by Gasteiger charge is 2.02. The monoisotopic (exact) mass is 217 g/mol. The molecule has 0 fully saturated rings. The molecule has 0 N–H and O–H groups in total. The SMILES string of the molecule is C[N-]Cc1cnc(-c2cccc(C)c2)s1. The lowest BCUT2D eigenvalue weighted by Gasteiger charge is -2.05. The highest BCUT2D eigenvalue weighted by atomic mass is 32.1. The lowest BCUT2D eigenvalue weighted by atomic mass is 10.1. The highest BCUT2D eigenvalue weighted by Crippen LogP contribution is 2.26. The maximum atomic E-state index is 4.40. The molecule has 0 amide bonds. The van der Waals surface area contributed by atoms with Crippen LogP contribution in [0.5, 0.6) is 0 Å². The van der Waals surface area contributed by atoms with Gasteiger partial charge in [0.15, 0.2) is 0 Å². The molecule has 0 aliphatic carbocycles. The maximum absolute atomic E-state index is 4.40. The number of hydrogen-bond acceptors (Lipinski definition) is 2. The quantitative estimate of drug-likeness (QED) is 0.771. The van der Waals surface area contributed by atoms with Crippen LogP contribution in [0.25, 0.3) is 15.9 Å². The molecule has 0 saturated carbocycles. The van der Waals surface area contributed by atoms with E-state index < -0.39 is 0 Å². The zero-order valence-electron chi connectivity index (χ0n) is 8.90. The molecule has 1 heterocycles. The second kappa shape index (κ2) is 4.55. The van der Waals surface area contributed by atoms with Crippen LogP contribution in [0, 0.1) is 6.92 Å². The van der Waals surface area contributed by atoms with E-state index in [4.69, 9.17) is 0 Å². The maximum Gasteiger partial charge on any atom is 0.123 e. The van der Waals surface area contributed by atoms with Crippen molar-refractivity contribution >= 4 is 11.3 Å². The molecule has 0 unspecified atom stereocenters. The minimum Gasteiger partial charge on any atom is -0.661 e. The molecule has 0 saturated heterocycles. The summed E-state index contributed by atoms with van der Waals surface area (Å²) in [4.78, 5) is 5.62. The van der Waals surface area contributed by atoms with Crippen LogP contribution in [0.3, 0.4) is 0 Å². The Hall–Kier alpha value is -1.19. The Morgan fingerprint density at radius 3 is 3.00 bits per heavy atom. The van der Waals surface area contributed by atoms with Gasteiger partial charge in [-0.2, -0.15) is 7.05 Å². The van der Waals surface area contributed by atoms with E-state index in [2.05, 4.69) is 41.5 Å². The second-order valence-electron chi connectivity index (χ2n) is 3.48. The van der Waals surface area contributed by atoms with Gasteiger partial charge in [-0.05, 0) is 13.0 Å². The average molecular weight is 217 g/mol. The van der Waals surface area contributed by atoms with Gasteiger partial charge < -0.3 is 5.32 Å². The minimum atomic E-state index is 0.767. The zero-order valence-corrected chi connectivity index (χ0v) is 9.71. The molecule has 1 aromatic heterocycles. The van der Waals surface area contributed by atoms with Crippen LogP contribution >= 0.6 is 11.3 Å². The van der Waals surface area contributed by atoms with Crippen molar-refractivity contribution in [3.8, 4) is 10.6 Å². The van der Waals surface area contributed by atoms with Crippen molar-refractivity contribution < 1.29 is 0 Å². The molecule has 0 atom stereocenters. The van der Waals surface area contributed by atoms with E-state index in [0.29, 0.717) is 0 Å². The standard InChI is InChI=1S/C12H13N2S/c1-9-4-3-5-10(6-9)12-14-8-11(15-12)7-13-2/h3-6,8H,7H2,1-2H3/q-1. The Labute approximate surface area is 94.0 Å². The fourth-order valence-electron chi connectivity index (χ4n) is 1.45. The van der Waals surface area contributed by atoms with Gasteiger partial charge in [-0.25, -0.2) is 4.98 Å². The third kappa shape index (κ3) is 2.43. The normalized spacial score (nSPS) is 10.5. The molecule has 3 heteroatoms. The van der Waals surface area contributed by atoms with E-state index in [1.807, 2.05) is 13.2 Å². The van der Waals surface area contributed by atoms with Crippen LogP contribution in [0.15, 0.2) is 30.5 Å². The summed E-state index contributed by atoms with van der Waals surface area (Å²) in [6.07, 6.45) is 1.91. The first-order chi connectivity index (χ1) is 7.29. The Morgan fingerprint density at radius 2 is 2.27 bits per heavy atom. The molecule has 2 aromatic rings. The first-order valence-corrected chi connectivity index (χ1v) is 5.68. The number of benzene rings is 1. The second-order valence-corrected chi connectivity index (χ2v) is 4.59. The number of aromatic nitrogens is 1. The van der Waals surface area contributed by atoms with Gasteiger partial charge in [-0.1, -0.05) is 23.8 Å². The molecule has 78 valence electrons. The van der Waals surface area contributed by atoms with E-state index >= 15 is 0 Å². The molecule has 0 bridgehead atoms. The molecule has 2 rings (SSSR count). The number of thiazole rings is 1. The van der Waals surface area contributed by atoms with Gasteiger partial charge in [0.2, 0.25) is 0 Å². The molecule has 0 spiro atoms. The first-order valence-electron chi connectivity index (χ1n) is 4.87. The summed E-state index contributed by atoms with van der Waals surface area (Å²) in [5.74, 6) is 0. The number of rotatable bonds is 3. The number of aryl methyl sites for hydroxylation is 1. The van der Waals surface area contributed by atoms with Crippen molar-refractivity contribution in [2.75, 3.05) is 7.05 Å². The Bertz CT molecular complexity index is 448. The van der Waals surface area contributed by atoms with Crippen molar-refractivity contribution in [1.82, 2.24) is 4.98 Å². The summed E-state index contributed by atoms with van der Waals surface area (Å²) < 4.78 is 0. The fraction of sp³-hybridized carbons (Fsp3) is 0.250. The van der Waals surface area contributed by atoms with Crippen LogP contribution in [-0.2, 0) is 6.54 Å². The average Bonchev–Trinajstić information content (AvgIpc) is 2.67. The zero-order chi connectivity index (χ0) is 10.7. The van der Waals surface area contributed by atoms with Crippen molar-refractivity contribution in [2.24, 2.45) is 0 Å². The third-order valence-electron chi connectivity index (χ3n) is 2.13. The van der Waals surface area contributed by atoms with E-state index in [-0.39, 0.29) is 0 Å². The Morgan fingerprint density at radius 1 is 1.40 bits per heavy atom. The topological polar surface area (TPSA) is 27.0 Å². The van der Waals surface area contributed by atoms with Crippen molar-refractivity contribution in [3.05, 3.63) is 46.2 Å². The van der Waals surface area contributed by atoms with Gasteiger partial charge in [-0.3, -0.25) is 0 Å². The van der Waals surface area contributed by atoms with Gasteiger partial charge in [-0.15, -0.1) is 17.9 Å². The van der Waals surface area contributed by atoms with Gasteiger partial charge in [0.1, 0.15) is 5.01 Å². The smallest absolute Gasteiger partial charge is 0.123 e. The van der Waals surface area contributed by atoms with E-state index in [9.17, 15) is 0 Å². The van der Waals surface area contributed by atoms with Crippen LogP contribution < -0.4 is 0 Å². The lowest BCUT2D eigenvalue weighted by molar-refractivity contribution is 1.22. The Kier molecular flexibility index (Phi) is 3.14. The van der Waals surface area contributed by atoms with Crippen molar-refractivity contribution in [2.45, 2.75) is 13.5 Å². The van der Waals surface area contributed by atoms with Gasteiger partial charge >= 0.3 is 0 Å². The van der Waals surface area contributed by atoms with Gasteiger partial charge in [0, 0.05) is 16.6 Å². The van der Waals surface area contributed by atoms with Gasteiger partial charge in [0.05, 0.1) is 0 Å². The van der Waals surface area contributed by atoms with Crippen LogP contribution in [0.2, 0.25) is 0 Å². The summed E-state index contributed by atoms with van der Waals surface area (Å²) in [5.41, 5.74) is 2.46. The summed E-state index contributed by atoms with van der Waals surface area (Å²) in [6.45, 7) is 2.86. The first kappa shape index (κ1) is 10.3. The third-order valence-corrected chi connectivity index (χ3v) is 3.16. The van der Waals surface area contributed by atoms with E-state index in [1.54, 1.807) is 11.3 Å². The lowest BCUT2D eigenvalue weighted by Crippen LogP contribution is -1.76. The molecule has 0 radical (unpaired) electrons. The summed E-state index contributed by atoms with van der Waals surface area (Å²) in [5, 5.41) is 5.18. The summed E-state index contributed by atoms with van der Waals surface area (Å²) in [7, 11) is 1.83. The minimum absolute atomic E-state index is 0.767. The molecule has 0 aliphatic rings. The van der Waals surface area contributed by atoms with Gasteiger partial charge in [0.25, 0.3) is 0 Å². The molecular weight excluding hydrogens is 204 g/mol. The number of nitrogens with zero attached hydrogens (tertiary/aromatic N) is 2.